The second kappa shape index (κ2) is 7.13. The number of hydrogen-bond acceptors (Lipinski definition) is 5. The van der Waals surface area contributed by atoms with Gasteiger partial charge in [-0.25, -0.2) is 0 Å². The third kappa shape index (κ3) is 3.19. The standard InChI is InChI=1S/C22H28N2O3/c1-15-5-4-10-23-21(15)22(25)9-8-17-13-24(14-18(17)22)12-16-6-7-19(26-2)20(11-16)27-3/h4-7,10-11,17-18,25H,8-9,12-14H2,1-3H3/t17-,18+,22-/m0/s1. The Morgan fingerprint density at radius 3 is 2.74 bits per heavy atom. The van der Waals surface area contributed by atoms with Gasteiger partial charge in [-0.2, -0.15) is 0 Å². The van der Waals surface area contributed by atoms with Gasteiger partial charge in [-0.05, 0) is 55.0 Å². The highest BCUT2D eigenvalue weighted by atomic mass is 16.5. The fourth-order valence-electron chi connectivity index (χ4n) is 4.98. The second-order valence-electron chi connectivity index (χ2n) is 7.88. The van der Waals surface area contributed by atoms with Crippen LogP contribution in [0.4, 0.5) is 0 Å². The van der Waals surface area contributed by atoms with Crippen molar-refractivity contribution in [2.24, 2.45) is 11.8 Å². The molecule has 1 aromatic heterocycles. The molecule has 3 atom stereocenters. The summed E-state index contributed by atoms with van der Waals surface area (Å²) in [6.45, 7) is 4.81. The first kappa shape index (κ1) is 18.3. The average molecular weight is 368 g/mol. The van der Waals surface area contributed by atoms with Gasteiger partial charge in [0.2, 0.25) is 0 Å². The van der Waals surface area contributed by atoms with Gasteiger partial charge in [0.05, 0.1) is 19.9 Å². The number of aryl methyl sites for hydroxylation is 1. The lowest BCUT2D eigenvalue weighted by Crippen LogP contribution is -2.36. The van der Waals surface area contributed by atoms with E-state index in [0.29, 0.717) is 5.92 Å². The first-order chi connectivity index (χ1) is 13.0. The van der Waals surface area contributed by atoms with E-state index in [1.807, 2.05) is 31.2 Å². The molecule has 5 heteroatoms. The quantitative estimate of drug-likeness (QED) is 0.879. The lowest BCUT2D eigenvalue weighted by molar-refractivity contribution is -0.0114. The monoisotopic (exact) mass is 368 g/mol. The summed E-state index contributed by atoms with van der Waals surface area (Å²) in [4.78, 5) is 6.99. The summed E-state index contributed by atoms with van der Waals surface area (Å²) in [6.07, 6.45) is 3.66. The SMILES string of the molecule is COc1ccc(CN2C[C@@H]3CC[C@@](O)(c4ncccc4C)[C@@H]3C2)cc1OC. The normalized spacial score (nSPS) is 27.6. The number of aliphatic hydroxyl groups is 1. The van der Waals surface area contributed by atoms with Crippen molar-refractivity contribution in [3.8, 4) is 11.5 Å². The Hall–Kier alpha value is -2.11. The fourth-order valence-corrected chi connectivity index (χ4v) is 4.98. The number of methoxy groups -OCH3 is 2. The van der Waals surface area contributed by atoms with E-state index in [9.17, 15) is 5.11 Å². The van der Waals surface area contributed by atoms with Gasteiger partial charge in [-0.15, -0.1) is 0 Å². The molecular formula is C22H28N2O3. The molecule has 1 aliphatic carbocycles. The van der Waals surface area contributed by atoms with Crippen LogP contribution in [0.3, 0.4) is 0 Å². The van der Waals surface area contributed by atoms with Crippen molar-refractivity contribution < 1.29 is 14.6 Å². The van der Waals surface area contributed by atoms with E-state index in [1.54, 1.807) is 20.4 Å². The molecule has 1 N–H and O–H groups in total. The summed E-state index contributed by atoms with van der Waals surface area (Å²) in [5.74, 6) is 2.28. The first-order valence-electron chi connectivity index (χ1n) is 9.63. The van der Waals surface area contributed by atoms with Crippen LogP contribution in [0.15, 0.2) is 36.5 Å². The Morgan fingerprint density at radius 1 is 1.19 bits per heavy atom. The molecule has 0 amide bonds. The van der Waals surface area contributed by atoms with Crippen molar-refractivity contribution in [3.63, 3.8) is 0 Å². The maximum absolute atomic E-state index is 11.5. The molecule has 0 bridgehead atoms. The Kier molecular flexibility index (Phi) is 4.82. The maximum atomic E-state index is 11.5. The summed E-state index contributed by atoms with van der Waals surface area (Å²) in [7, 11) is 3.32. The molecule has 1 aromatic carbocycles. The number of likely N-dealkylation sites (tertiary alicyclic amines) is 1. The van der Waals surface area contributed by atoms with E-state index in [4.69, 9.17) is 9.47 Å². The van der Waals surface area contributed by atoms with Crippen molar-refractivity contribution in [3.05, 3.63) is 53.3 Å². The maximum Gasteiger partial charge on any atom is 0.161 e. The van der Waals surface area contributed by atoms with E-state index >= 15 is 0 Å². The van der Waals surface area contributed by atoms with E-state index in [1.165, 1.54) is 5.56 Å². The highest BCUT2D eigenvalue weighted by Gasteiger charge is 2.53. The molecule has 2 aromatic rings. The molecule has 1 saturated heterocycles. The first-order valence-corrected chi connectivity index (χ1v) is 9.63. The van der Waals surface area contributed by atoms with Crippen LogP contribution in [-0.2, 0) is 12.1 Å². The van der Waals surface area contributed by atoms with Crippen molar-refractivity contribution in [2.45, 2.75) is 31.9 Å². The molecule has 4 rings (SSSR count). The van der Waals surface area contributed by atoms with Crippen LogP contribution in [-0.4, -0.2) is 42.3 Å². The number of pyridine rings is 1. The third-order valence-corrected chi connectivity index (χ3v) is 6.30. The Bertz CT molecular complexity index is 825. The number of aromatic nitrogens is 1. The highest BCUT2D eigenvalue weighted by Crippen LogP contribution is 2.50. The number of rotatable bonds is 5. The van der Waals surface area contributed by atoms with Crippen molar-refractivity contribution in [1.82, 2.24) is 9.88 Å². The van der Waals surface area contributed by atoms with Crippen molar-refractivity contribution in [1.29, 1.82) is 0 Å². The summed E-state index contributed by atoms with van der Waals surface area (Å²) >= 11 is 0. The van der Waals surface area contributed by atoms with E-state index in [2.05, 4.69) is 16.0 Å². The minimum absolute atomic E-state index is 0.242. The minimum atomic E-state index is -0.803. The topological polar surface area (TPSA) is 54.8 Å². The minimum Gasteiger partial charge on any atom is -0.493 e. The van der Waals surface area contributed by atoms with Crippen LogP contribution in [0.1, 0.15) is 29.7 Å². The van der Waals surface area contributed by atoms with Crippen LogP contribution < -0.4 is 9.47 Å². The number of fused-ring (bicyclic) bond motifs is 1. The molecule has 1 aliphatic heterocycles. The molecule has 144 valence electrons. The number of ether oxygens (including phenoxy) is 2. The molecule has 2 fully saturated rings. The highest BCUT2D eigenvalue weighted by molar-refractivity contribution is 5.43. The molecule has 2 aliphatic rings. The van der Waals surface area contributed by atoms with Gasteiger partial charge >= 0.3 is 0 Å². The summed E-state index contributed by atoms with van der Waals surface area (Å²) in [5.41, 5.74) is 2.34. The van der Waals surface area contributed by atoms with Gasteiger partial charge in [-0.3, -0.25) is 9.88 Å². The number of nitrogens with zero attached hydrogens (tertiary/aromatic N) is 2. The Morgan fingerprint density at radius 2 is 2.00 bits per heavy atom. The van der Waals surface area contributed by atoms with E-state index in [0.717, 1.165) is 55.2 Å². The zero-order valence-electron chi connectivity index (χ0n) is 16.3. The number of benzene rings is 1. The van der Waals surface area contributed by atoms with Crippen LogP contribution in [0.25, 0.3) is 0 Å². The van der Waals surface area contributed by atoms with E-state index in [-0.39, 0.29) is 5.92 Å². The lowest BCUT2D eigenvalue weighted by atomic mass is 9.83. The van der Waals surface area contributed by atoms with Crippen LogP contribution in [0, 0.1) is 18.8 Å². The van der Waals surface area contributed by atoms with Crippen molar-refractivity contribution >= 4 is 0 Å². The molecule has 0 radical (unpaired) electrons. The van der Waals surface area contributed by atoms with Gasteiger partial charge in [0, 0.05) is 31.7 Å². The summed E-state index contributed by atoms with van der Waals surface area (Å²) in [5, 5.41) is 11.5. The number of hydrogen-bond donors (Lipinski definition) is 1. The molecule has 0 spiro atoms. The summed E-state index contributed by atoms with van der Waals surface area (Å²) in [6, 6.07) is 10.1. The molecular weight excluding hydrogens is 340 g/mol. The fraction of sp³-hybridized carbons (Fsp3) is 0.500. The zero-order valence-corrected chi connectivity index (χ0v) is 16.3. The smallest absolute Gasteiger partial charge is 0.161 e. The van der Waals surface area contributed by atoms with Crippen LogP contribution in [0.5, 0.6) is 11.5 Å². The van der Waals surface area contributed by atoms with Gasteiger partial charge < -0.3 is 14.6 Å². The molecule has 5 nitrogen and oxygen atoms in total. The Balaban J connectivity index is 1.51. The molecule has 0 unspecified atom stereocenters. The van der Waals surface area contributed by atoms with Crippen LogP contribution in [0.2, 0.25) is 0 Å². The predicted octanol–water partition coefficient (Wildman–Crippen LogP) is 3.14. The van der Waals surface area contributed by atoms with Crippen LogP contribution >= 0.6 is 0 Å². The zero-order chi connectivity index (χ0) is 19.0. The van der Waals surface area contributed by atoms with Gasteiger partial charge in [0.1, 0.15) is 5.60 Å². The van der Waals surface area contributed by atoms with Crippen molar-refractivity contribution in [2.75, 3.05) is 27.3 Å². The average Bonchev–Trinajstić information content (AvgIpc) is 3.22. The van der Waals surface area contributed by atoms with Gasteiger partial charge in [0.15, 0.2) is 11.5 Å². The largest absolute Gasteiger partial charge is 0.493 e. The molecule has 1 saturated carbocycles. The predicted molar refractivity (Wildman–Crippen MR) is 104 cm³/mol. The Labute approximate surface area is 160 Å². The van der Waals surface area contributed by atoms with E-state index < -0.39 is 5.60 Å². The van der Waals surface area contributed by atoms with Gasteiger partial charge in [-0.1, -0.05) is 12.1 Å². The molecule has 2 heterocycles. The van der Waals surface area contributed by atoms with Gasteiger partial charge in [0.25, 0.3) is 0 Å². The second-order valence-corrected chi connectivity index (χ2v) is 7.88. The summed E-state index contributed by atoms with van der Waals surface area (Å²) < 4.78 is 10.8. The molecule has 27 heavy (non-hydrogen) atoms. The lowest BCUT2D eigenvalue weighted by Gasteiger charge is -2.31. The third-order valence-electron chi connectivity index (χ3n) is 6.30.